The number of ether oxygens (including phenoxy) is 1. The summed E-state index contributed by atoms with van der Waals surface area (Å²) in [6, 6.07) is 3.67. The van der Waals surface area contributed by atoms with E-state index in [1.54, 1.807) is 5.38 Å². The Labute approximate surface area is 161 Å². The van der Waals surface area contributed by atoms with Crippen LogP contribution in [0.15, 0.2) is 21.9 Å². The van der Waals surface area contributed by atoms with Crippen LogP contribution in [0.25, 0.3) is 10.8 Å². The van der Waals surface area contributed by atoms with Crippen LogP contribution in [0.5, 0.6) is 0 Å². The lowest BCUT2D eigenvalue weighted by atomic mass is 10.3. The Balaban J connectivity index is 1.72. The van der Waals surface area contributed by atoms with Gasteiger partial charge in [0.15, 0.2) is 21.6 Å². The van der Waals surface area contributed by atoms with Crippen LogP contribution in [0, 0.1) is 6.92 Å². The SMILES string of the molecule is Cc1ccc(-c2nc(COC(=O)c3nc(Cl)c(Cl)c(N)c3Cl)cs2)o1. The quantitative estimate of drug-likeness (QED) is 0.473. The molecule has 25 heavy (non-hydrogen) atoms. The van der Waals surface area contributed by atoms with E-state index < -0.39 is 5.97 Å². The van der Waals surface area contributed by atoms with Gasteiger partial charge in [0.2, 0.25) is 0 Å². The molecule has 0 aromatic carbocycles. The zero-order valence-electron chi connectivity index (χ0n) is 12.7. The van der Waals surface area contributed by atoms with Gasteiger partial charge in [-0.15, -0.1) is 11.3 Å². The zero-order valence-corrected chi connectivity index (χ0v) is 15.8. The van der Waals surface area contributed by atoms with Crippen molar-refractivity contribution in [2.75, 3.05) is 5.73 Å². The van der Waals surface area contributed by atoms with Gasteiger partial charge in [-0.3, -0.25) is 0 Å². The molecule has 0 bridgehead atoms. The number of esters is 1. The van der Waals surface area contributed by atoms with Crippen molar-refractivity contribution < 1.29 is 13.9 Å². The van der Waals surface area contributed by atoms with E-state index in [2.05, 4.69) is 9.97 Å². The number of aryl methyl sites for hydroxylation is 1. The predicted molar refractivity (Wildman–Crippen MR) is 97.4 cm³/mol. The van der Waals surface area contributed by atoms with Crippen LogP contribution >= 0.6 is 46.1 Å². The normalized spacial score (nSPS) is 10.9. The highest BCUT2D eigenvalue weighted by atomic mass is 35.5. The number of thiazole rings is 1. The fraction of sp³-hybridized carbons (Fsp3) is 0.133. The maximum atomic E-state index is 12.2. The van der Waals surface area contributed by atoms with Crippen LogP contribution in [-0.4, -0.2) is 15.9 Å². The van der Waals surface area contributed by atoms with Gasteiger partial charge in [0.05, 0.1) is 16.4 Å². The second kappa shape index (κ2) is 7.21. The fourth-order valence-electron chi connectivity index (χ4n) is 1.91. The number of nitrogens with two attached hydrogens (primary N) is 1. The number of nitrogens with zero attached hydrogens (tertiary/aromatic N) is 2. The van der Waals surface area contributed by atoms with Crippen LogP contribution < -0.4 is 5.73 Å². The number of rotatable bonds is 4. The monoisotopic (exact) mass is 417 g/mol. The van der Waals surface area contributed by atoms with E-state index in [1.165, 1.54) is 11.3 Å². The molecule has 2 N–H and O–H groups in total. The van der Waals surface area contributed by atoms with Gasteiger partial charge in [0, 0.05) is 5.38 Å². The molecular weight excluding hydrogens is 409 g/mol. The van der Waals surface area contributed by atoms with Crippen molar-refractivity contribution >= 4 is 57.8 Å². The summed E-state index contributed by atoms with van der Waals surface area (Å²) >= 11 is 19.0. The van der Waals surface area contributed by atoms with E-state index in [9.17, 15) is 4.79 Å². The van der Waals surface area contributed by atoms with Crippen molar-refractivity contribution in [3.05, 3.63) is 49.9 Å². The maximum absolute atomic E-state index is 12.2. The molecule has 6 nitrogen and oxygen atoms in total. The number of carbonyl (C=O) groups is 1. The molecule has 10 heteroatoms. The topological polar surface area (TPSA) is 91.2 Å². The van der Waals surface area contributed by atoms with E-state index in [4.69, 9.17) is 49.7 Å². The fourth-order valence-corrected chi connectivity index (χ4v) is 3.26. The number of furan rings is 1. The van der Waals surface area contributed by atoms with E-state index >= 15 is 0 Å². The molecular formula is C15H10Cl3N3O3S. The lowest BCUT2D eigenvalue weighted by molar-refractivity contribution is 0.0462. The standard InChI is InChI=1S/C15H10Cl3N3O3S/c1-6-2-3-8(24-6)14-20-7(5-25-14)4-23-15(22)12-9(16)11(19)10(17)13(18)21-12/h2-3,5H,4H2,1H3,(H2,19,21). The van der Waals surface area contributed by atoms with Gasteiger partial charge in [-0.2, -0.15) is 0 Å². The molecule has 0 aliphatic carbocycles. The number of halogens is 3. The molecule has 3 aromatic rings. The summed E-state index contributed by atoms with van der Waals surface area (Å²) < 4.78 is 10.7. The second-order valence-electron chi connectivity index (χ2n) is 4.92. The first-order valence-corrected chi connectivity index (χ1v) is 8.86. The maximum Gasteiger partial charge on any atom is 0.359 e. The van der Waals surface area contributed by atoms with E-state index in [1.807, 2.05) is 19.1 Å². The van der Waals surface area contributed by atoms with Crippen LogP contribution in [-0.2, 0) is 11.3 Å². The number of hydrogen-bond acceptors (Lipinski definition) is 7. The minimum absolute atomic E-state index is 0.0129. The minimum atomic E-state index is -0.779. The Bertz CT molecular complexity index is 955. The second-order valence-corrected chi connectivity index (χ2v) is 6.90. The van der Waals surface area contributed by atoms with Crippen molar-refractivity contribution in [3.63, 3.8) is 0 Å². The number of nitrogen functional groups attached to an aromatic ring is 1. The molecule has 0 saturated carbocycles. The van der Waals surface area contributed by atoms with Crippen molar-refractivity contribution in [2.45, 2.75) is 13.5 Å². The highest BCUT2D eigenvalue weighted by Gasteiger charge is 2.21. The average molecular weight is 419 g/mol. The number of pyridine rings is 1. The average Bonchev–Trinajstić information content (AvgIpc) is 3.22. The Morgan fingerprint density at radius 2 is 2.04 bits per heavy atom. The Morgan fingerprint density at radius 1 is 1.28 bits per heavy atom. The summed E-state index contributed by atoms with van der Waals surface area (Å²) in [7, 11) is 0. The molecule has 3 aromatic heterocycles. The van der Waals surface area contributed by atoms with Crippen LogP contribution in [0.1, 0.15) is 21.9 Å². The predicted octanol–water partition coefficient (Wildman–Crippen LogP) is 5.01. The third kappa shape index (κ3) is 3.74. The van der Waals surface area contributed by atoms with Gasteiger partial charge in [-0.1, -0.05) is 34.8 Å². The first-order valence-electron chi connectivity index (χ1n) is 6.85. The molecule has 3 heterocycles. The summed E-state index contributed by atoms with van der Waals surface area (Å²) in [6.45, 7) is 1.78. The molecule has 0 atom stereocenters. The van der Waals surface area contributed by atoms with Crippen molar-refractivity contribution in [1.29, 1.82) is 0 Å². The lowest BCUT2D eigenvalue weighted by Gasteiger charge is -2.08. The smallest absolute Gasteiger partial charge is 0.359 e. The molecule has 0 aliphatic heterocycles. The Morgan fingerprint density at radius 3 is 2.72 bits per heavy atom. The number of hydrogen-bond donors (Lipinski definition) is 1. The molecule has 0 fully saturated rings. The number of aromatic nitrogens is 2. The Kier molecular flexibility index (Phi) is 5.19. The van der Waals surface area contributed by atoms with Crippen molar-refractivity contribution in [1.82, 2.24) is 9.97 Å². The minimum Gasteiger partial charge on any atom is -0.459 e. The molecule has 3 rings (SSSR count). The Hall–Kier alpha value is -1.80. The summed E-state index contributed by atoms with van der Waals surface area (Å²) in [5.41, 5.74) is 6.01. The molecule has 0 spiro atoms. The highest BCUT2D eigenvalue weighted by molar-refractivity contribution is 7.13. The van der Waals surface area contributed by atoms with Crippen LogP contribution in [0.2, 0.25) is 15.2 Å². The van der Waals surface area contributed by atoms with Gasteiger partial charge in [-0.05, 0) is 19.1 Å². The molecule has 130 valence electrons. The van der Waals surface area contributed by atoms with Gasteiger partial charge >= 0.3 is 5.97 Å². The third-order valence-corrected chi connectivity index (χ3v) is 5.16. The molecule has 0 saturated heterocycles. The van der Waals surface area contributed by atoms with Gasteiger partial charge < -0.3 is 14.9 Å². The van der Waals surface area contributed by atoms with Crippen LogP contribution in [0.4, 0.5) is 5.69 Å². The summed E-state index contributed by atoms with van der Waals surface area (Å²) in [6.07, 6.45) is 0. The molecule has 0 aliphatic rings. The summed E-state index contributed by atoms with van der Waals surface area (Å²) in [4.78, 5) is 20.3. The van der Waals surface area contributed by atoms with E-state index in [0.29, 0.717) is 16.5 Å². The molecule has 0 radical (unpaired) electrons. The van der Waals surface area contributed by atoms with Crippen molar-refractivity contribution in [2.24, 2.45) is 0 Å². The molecule has 0 amide bonds. The van der Waals surface area contributed by atoms with Crippen LogP contribution in [0.3, 0.4) is 0 Å². The molecule has 0 unspecified atom stereocenters. The first-order chi connectivity index (χ1) is 11.9. The lowest BCUT2D eigenvalue weighted by Crippen LogP contribution is -2.10. The largest absolute Gasteiger partial charge is 0.459 e. The third-order valence-electron chi connectivity index (χ3n) is 3.12. The summed E-state index contributed by atoms with van der Waals surface area (Å²) in [5, 5.41) is 2.21. The van der Waals surface area contributed by atoms with Gasteiger partial charge in [-0.25, -0.2) is 14.8 Å². The van der Waals surface area contributed by atoms with Gasteiger partial charge in [0.1, 0.15) is 17.4 Å². The van der Waals surface area contributed by atoms with E-state index in [-0.39, 0.29) is 33.2 Å². The zero-order chi connectivity index (χ0) is 18.1. The summed E-state index contributed by atoms with van der Waals surface area (Å²) in [5.74, 6) is 0.664. The highest BCUT2D eigenvalue weighted by Crippen LogP contribution is 2.34. The van der Waals surface area contributed by atoms with Crippen molar-refractivity contribution in [3.8, 4) is 10.8 Å². The number of carbonyl (C=O) groups excluding carboxylic acids is 1. The number of anilines is 1. The van der Waals surface area contributed by atoms with Gasteiger partial charge in [0.25, 0.3) is 0 Å². The van der Waals surface area contributed by atoms with E-state index in [0.717, 1.165) is 5.76 Å². The first kappa shape index (κ1) is 18.0.